The molecular formula is C11H14BrNS. The van der Waals surface area contributed by atoms with Crippen LogP contribution in [0.2, 0.25) is 0 Å². The van der Waals surface area contributed by atoms with Gasteiger partial charge in [-0.25, -0.2) is 0 Å². The van der Waals surface area contributed by atoms with Crippen LogP contribution in [0.5, 0.6) is 0 Å². The molecule has 0 saturated heterocycles. The van der Waals surface area contributed by atoms with Gasteiger partial charge in [0.15, 0.2) is 0 Å². The minimum atomic E-state index is 0.131. The van der Waals surface area contributed by atoms with Crippen molar-refractivity contribution >= 4 is 27.3 Å². The molecule has 1 nitrogen and oxygen atoms in total. The predicted octanol–water partition coefficient (Wildman–Crippen LogP) is 4.01. The van der Waals surface area contributed by atoms with Gasteiger partial charge >= 0.3 is 0 Å². The second kappa shape index (κ2) is 4.60. The summed E-state index contributed by atoms with van der Waals surface area (Å²) >= 11 is 5.20. The first kappa shape index (κ1) is 10.4. The molecule has 1 aliphatic rings. The molecule has 3 heteroatoms. The maximum absolute atomic E-state index is 6.20. The number of hydrogen-bond donors (Lipinski definition) is 1. The smallest absolute Gasteiger partial charge is 0.0605 e. The first-order chi connectivity index (χ1) is 6.77. The van der Waals surface area contributed by atoms with Crippen LogP contribution in [0.4, 0.5) is 0 Å². The molecule has 1 unspecified atom stereocenters. The predicted molar refractivity (Wildman–Crippen MR) is 65.5 cm³/mol. The lowest BCUT2D eigenvalue weighted by Crippen LogP contribution is -2.13. The first-order valence-electron chi connectivity index (χ1n) is 4.96. The van der Waals surface area contributed by atoms with E-state index in [1.807, 2.05) is 0 Å². The van der Waals surface area contributed by atoms with Crippen LogP contribution in [0.25, 0.3) is 0 Å². The van der Waals surface area contributed by atoms with Gasteiger partial charge in [-0.3, -0.25) is 0 Å². The Morgan fingerprint density at radius 3 is 2.86 bits per heavy atom. The van der Waals surface area contributed by atoms with Gasteiger partial charge < -0.3 is 5.73 Å². The van der Waals surface area contributed by atoms with E-state index < -0.39 is 0 Å². The largest absolute Gasteiger partial charge is 0.320 e. The van der Waals surface area contributed by atoms with Crippen molar-refractivity contribution in [3.63, 3.8) is 0 Å². The van der Waals surface area contributed by atoms with Gasteiger partial charge in [-0.2, -0.15) is 0 Å². The second-order valence-electron chi connectivity index (χ2n) is 3.67. The molecule has 1 aromatic rings. The molecule has 0 aliphatic heterocycles. The van der Waals surface area contributed by atoms with Crippen LogP contribution < -0.4 is 5.73 Å². The number of nitrogens with two attached hydrogens (primary N) is 1. The molecule has 0 amide bonds. The molecule has 0 fully saturated rings. The van der Waals surface area contributed by atoms with E-state index >= 15 is 0 Å². The van der Waals surface area contributed by atoms with Crippen LogP contribution in [-0.4, -0.2) is 0 Å². The molecule has 1 heterocycles. The standard InChI is InChI=1S/C11H14BrNS/c12-9-6-10(14-7-9)11(13)8-4-2-1-3-5-8/h4,6-7,11H,1-3,5,13H2. The van der Waals surface area contributed by atoms with E-state index in [-0.39, 0.29) is 6.04 Å². The third-order valence-corrected chi connectivity index (χ3v) is 4.40. The molecule has 76 valence electrons. The third kappa shape index (κ3) is 2.27. The minimum absolute atomic E-state index is 0.131. The van der Waals surface area contributed by atoms with Crippen LogP contribution in [0.3, 0.4) is 0 Å². The van der Waals surface area contributed by atoms with E-state index in [9.17, 15) is 0 Å². The summed E-state index contributed by atoms with van der Waals surface area (Å²) in [7, 11) is 0. The lowest BCUT2D eigenvalue weighted by atomic mass is 9.94. The van der Waals surface area contributed by atoms with E-state index in [2.05, 4.69) is 33.5 Å². The molecule has 0 bridgehead atoms. The lowest BCUT2D eigenvalue weighted by molar-refractivity contribution is 0.652. The highest BCUT2D eigenvalue weighted by Gasteiger charge is 2.15. The SMILES string of the molecule is NC(C1=CCCCC1)c1cc(Br)cs1. The summed E-state index contributed by atoms with van der Waals surface area (Å²) in [5.41, 5.74) is 7.63. The van der Waals surface area contributed by atoms with Crippen molar-refractivity contribution in [2.75, 3.05) is 0 Å². The van der Waals surface area contributed by atoms with Crippen molar-refractivity contribution in [3.05, 3.63) is 32.4 Å². The summed E-state index contributed by atoms with van der Waals surface area (Å²) in [6, 6.07) is 2.26. The van der Waals surface area contributed by atoms with Crippen LogP contribution in [0.15, 0.2) is 27.6 Å². The van der Waals surface area contributed by atoms with Crippen molar-refractivity contribution in [1.29, 1.82) is 0 Å². The summed E-state index contributed by atoms with van der Waals surface area (Å²) in [4.78, 5) is 1.27. The minimum Gasteiger partial charge on any atom is -0.320 e. The Labute approximate surface area is 97.1 Å². The van der Waals surface area contributed by atoms with Gasteiger partial charge in [0.1, 0.15) is 0 Å². The highest BCUT2D eigenvalue weighted by Crippen LogP contribution is 2.32. The molecule has 1 aromatic heterocycles. The van der Waals surface area contributed by atoms with E-state index in [1.54, 1.807) is 11.3 Å². The topological polar surface area (TPSA) is 26.0 Å². The zero-order valence-corrected chi connectivity index (χ0v) is 10.4. The van der Waals surface area contributed by atoms with Crippen LogP contribution in [-0.2, 0) is 0 Å². The van der Waals surface area contributed by atoms with Crippen LogP contribution in [0.1, 0.15) is 36.6 Å². The average Bonchev–Trinajstić information content (AvgIpc) is 2.65. The van der Waals surface area contributed by atoms with E-state index in [4.69, 9.17) is 5.73 Å². The first-order valence-corrected chi connectivity index (χ1v) is 6.63. The zero-order valence-electron chi connectivity index (χ0n) is 8.00. The summed E-state index contributed by atoms with van der Waals surface area (Å²) in [5.74, 6) is 0. The fraction of sp³-hybridized carbons (Fsp3) is 0.455. The number of thiophene rings is 1. The molecule has 14 heavy (non-hydrogen) atoms. The molecule has 0 spiro atoms. The Morgan fingerprint density at radius 2 is 2.29 bits per heavy atom. The van der Waals surface area contributed by atoms with Gasteiger partial charge in [0.05, 0.1) is 6.04 Å². The fourth-order valence-corrected chi connectivity index (χ4v) is 3.31. The highest BCUT2D eigenvalue weighted by atomic mass is 79.9. The van der Waals surface area contributed by atoms with Crippen LogP contribution >= 0.6 is 27.3 Å². The molecular weight excluding hydrogens is 258 g/mol. The Bertz CT molecular complexity index is 343. The van der Waals surface area contributed by atoms with E-state index in [0.717, 1.165) is 4.47 Å². The van der Waals surface area contributed by atoms with E-state index in [1.165, 1.54) is 36.1 Å². The quantitative estimate of drug-likeness (QED) is 0.809. The Morgan fingerprint density at radius 1 is 1.43 bits per heavy atom. The molecule has 0 aromatic carbocycles. The van der Waals surface area contributed by atoms with E-state index in [0.29, 0.717) is 0 Å². The van der Waals surface area contributed by atoms with Crippen LogP contribution in [0, 0.1) is 0 Å². The number of rotatable bonds is 2. The number of allylic oxidation sites excluding steroid dienone is 1. The summed E-state index contributed by atoms with van der Waals surface area (Å²) in [6.07, 6.45) is 7.32. The van der Waals surface area contributed by atoms with Crippen molar-refractivity contribution in [2.24, 2.45) is 5.73 Å². The molecule has 1 atom stereocenters. The summed E-state index contributed by atoms with van der Waals surface area (Å²) in [6.45, 7) is 0. The van der Waals surface area contributed by atoms with Gasteiger partial charge in [-0.15, -0.1) is 11.3 Å². The summed E-state index contributed by atoms with van der Waals surface area (Å²) in [5, 5.41) is 2.10. The maximum Gasteiger partial charge on any atom is 0.0605 e. The van der Waals surface area contributed by atoms with Crippen molar-refractivity contribution in [2.45, 2.75) is 31.7 Å². The van der Waals surface area contributed by atoms with Gasteiger partial charge in [0.2, 0.25) is 0 Å². The molecule has 1 aliphatic carbocycles. The lowest BCUT2D eigenvalue weighted by Gasteiger charge is -2.18. The van der Waals surface area contributed by atoms with Gasteiger partial charge in [0, 0.05) is 14.7 Å². The molecule has 0 radical (unpaired) electrons. The van der Waals surface area contributed by atoms with Crippen molar-refractivity contribution in [3.8, 4) is 0 Å². The van der Waals surface area contributed by atoms with Crippen molar-refractivity contribution in [1.82, 2.24) is 0 Å². The third-order valence-electron chi connectivity index (χ3n) is 2.62. The number of hydrogen-bond acceptors (Lipinski definition) is 2. The number of halogens is 1. The Kier molecular flexibility index (Phi) is 3.42. The zero-order chi connectivity index (χ0) is 9.97. The van der Waals surface area contributed by atoms with Crippen molar-refractivity contribution < 1.29 is 0 Å². The monoisotopic (exact) mass is 271 g/mol. The molecule has 0 saturated carbocycles. The Hall–Kier alpha value is -0.120. The van der Waals surface area contributed by atoms with Gasteiger partial charge in [-0.05, 0) is 47.7 Å². The van der Waals surface area contributed by atoms with Gasteiger partial charge in [-0.1, -0.05) is 11.6 Å². The maximum atomic E-state index is 6.20. The van der Waals surface area contributed by atoms with Gasteiger partial charge in [0.25, 0.3) is 0 Å². The molecule has 2 N–H and O–H groups in total. The second-order valence-corrected chi connectivity index (χ2v) is 5.53. The highest BCUT2D eigenvalue weighted by molar-refractivity contribution is 9.10. The Balaban J connectivity index is 2.14. The summed E-state index contributed by atoms with van der Waals surface area (Å²) < 4.78 is 1.14. The average molecular weight is 272 g/mol. The molecule has 2 rings (SSSR count). The fourth-order valence-electron chi connectivity index (χ4n) is 1.82. The normalized spacial score (nSPS) is 19.1.